The molecule has 0 spiro atoms. The molecule has 2 unspecified atom stereocenters. The molecule has 2 aromatic rings. The molecule has 21 heavy (non-hydrogen) atoms. The molecule has 1 fully saturated rings. The number of rotatable bonds is 4. The molecule has 3 rings (SSSR count). The van der Waals surface area contributed by atoms with Crippen molar-refractivity contribution in [1.82, 2.24) is 4.98 Å². The summed E-state index contributed by atoms with van der Waals surface area (Å²) < 4.78 is 5.62. The smallest absolute Gasteiger partial charge is 0.186 e. The van der Waals surface area contributed by atoms with Crippen molar-refractivity contribution in [3.05, 3.63) is 59.4 Å². The molecule has 0 radical (unpaired) electrons. The number of benzene rings is 1. The van der Waals surface area contributed by atoms with Gasteiger partial charge in [0.25, 0.3) is 0 Å². The summed E-state index contributed by atoms with van der Waals surface area (Å²) in [5.74, 6) is 0. The van der Waals surface area contributed by atoms with Gasteiger partial charge in [0, 0.05) is 25.4 Å². The number of hydrogen-bond acceptors (Lipinski definition) is 4. The quantitative estimate of drug-likeness (QED) is 0.855. The Kier molecular flexibility index (Phi) is 4.39. The van der Waals surface area contributed by atoms with Gasteiger partial charge in [-0.1, -0.05) is 29.8 Å². The van der Waals surface area contributed by atoms with Crippen LogP contribution in [0.3, 0.4) is 0 Å². The molecule has 2 atom stereocenters. The fraction of sp³-hybridized carbons (Fsp3) is 0.312. The van der Waals surface area contributed by atoms with Gasteiger partial charge in [-0.25, -0.2) is 9.90 Å². The van der Waals surface area contributed by atoms with Crippen molar-refractivity contribution in [2.45, 2.75) is 25.7 Å². The second-order valence-electron chi connectivity index (χ2n) is 4.81. The summed E-state index contributed by atoms with van der Waals surface area (Å²) in [5.41, 5.74) is 1.93. The number of ether oxygens (including phenoxy) is 1. The predicted molar refractivity (Wildman–Crippen MR) is 82.0 cm³/mol. The van der Waals surface area contributed by atoms with Gasteiger partial charge >= 0.3 is 0 Å². The number of anilines is 1. The van der Waals surface area contributed by atoms with Crippen LogP contribution in [0.2, 0.25) is 5.02 Å². The first-order chi connectivity index (χ1) is 10.3. The minimum atomic E-state index is -0.267. The van der Waals surface area contributed by atoms with Crippen LogP contribution in [0.4, 0.5) is 5.69 Å². The highest BCUT2D eigenvalue weighted by molar-refractivity contribution is 6.33. The third-order valence-electron chi connectivity index (χ3n) is 3.44. The van der Waals surface area contributed by atoms with Gasteiger partial charge in [-0.3, -0.25) is 4.98 Å². The summed E-state index contributed by atoms with van der Waals surface area (Å²) in [5, 5.41) is 2.49. The molecular formula is C16H17ClN2O2. The van der Waals surface area contributed by atoms with Gasteiger partial charge in [0.1, 0.15) is 0 Å². The van der Waals surface area contributed by atoms with Crippen LogP contribution in [0.1, 0.15) is 24.9 Å². The molecule has 2 heterocycles. The monoisotopic (exact) mass is 304 g/mol. The van der Waals surface area contributed by atoms with Crippen LogP contribution in [0.15, 0.2) is 48.8 Å². The van der Waals surface area contributed by atoms with Crippen molar-refractivity contribution in [2.75, 3.05) is 11.7 Å². The highest BCUT2D eigenvalue weighted by atomic mass is 35.5. The fourth-order valence-electron chi connectivity index (χ4n) is 2.51. The normalized spacial score (nSPS) is 21.7. The lowest BCUT2D eigenvalue weighted by atomic mass is 10.1. The van der Waals surface area contributed by atoms with Gasteiger partial charge in [-0.05, 0) is 30.7 Å². The highest BCUT2D eigenvalue weighted by Crippen LogP contribution is 2.40. The molecule has 0 bridgehead atoms. The number of hydrogen-bond donors (Lipinski definition) is 0. The Hall–Kier alpha value is -1.62. The molecule has 1 aliphatic rings. The van der Waals surface area contributed by atoms with Crippen LogP contribution in [0.5, 0.6) is 0 Å². The number of halogens is 1. The first kappa shape index (κ1) is 14.3. The van der Waals surface area contributed by atoms with Gasteiger partial charge in [0.15, 0.2) is 6.29 Å². The number of aromatic nitrogens is 1. The average molecular weight is 305 g/mol. The largest absolute Gasteiger partial charge is 0.350 e. The molecule has 0 N–H and O–H groups in total. The number of para-hydroxylation sites is 1. The minimum Gasteiger partial charge on any atom is -0.350 e. The Bertz CT molecular complexity index is 594. The molecule has 0 amide bonds. The molecule has 1 aliphatic heterocycles. The van der Waals surface area contributed by atoms with Crippen LogP contribution in [-0.4, -0.2) is 17.9 Å². The third-order valence-corrected chi connectivity index (χ3v) is 3.76. The maximum atomic E-state index is 6.30. The average Bonchev–Trinajstić information content (AvgIpc) is 2.93. The molecule has 5 heteroatoms. The van der Waals surface area contributed by atoms with Gasteiger partial charge < -0.3 is 4.74 Å². The SMILES string of the molecule is CCOC1CC(c2cccnc2)N(c2ccccc2Cl)O1. The number of pyridine rings is 1. The molecule has 0 saturated carbocycles. The van der Waals surface area contributed by atoms with Gasteiger partial charge in [-0.15, -0.1) is 0 Å². The van der Waals surface area contributed by atoms with Crippen molar-refractivity contribution >= 4 is 17.3 Å². The van der Waals surface area contributed by atoms with Crippen LogP contribution >= 0.6 is 11.6 Å². The second kappa shape index (κ2) is 6.43. The van der Waals surface area contributed by atoms with E-state index in [4.69, 9.17) is 21.2 Å². The zero-order valence-electron chi connectivity index (χ0n) is 11.8. The number of nitrogens with zero attached hydrogens (tertiary/aromatic N) is 2. The maximum Gasteiger partial charge on any atom is 0.186 e. The van der Waals surface area contributed by atoms with Gasteiger partial charge in [-0.2, -0.15) is 0 Å². The van der Waals surface area contributed by atoms with Crippen LogP contribution < -0.4 is 5.06 Å². The van der Waals surface area contributed by atoms with Gasteiger partial charge in [0.05, 0.1) is 16.8 Å². The lowest BCUT2D eigenvalue weighted by molar-refractivity contribution is -0.115. The second-order valence-corrected chi connectivity index (χ2v) is 5.21. The van der Waals surface area contributed by atoms with E-state index in [0.717, 1.165) is 17.7 Å². The van der Waals surface area contributed by atoms with Crippen LogP contribution in [-0.2, 0) is 9.57 Å². The van der Waals surface area contributed by atoms with E-state index in [1.54, 1.807) is 6.20 Å². The lowest BCUT2D eigenvalue weighted by Gasteiger charge is -2.25. The van der Waals surface area contributed by atoms with E-state index >= 15 is 0 Å². The number of hydroxylamine groups is 1. The third kappa shape index (κ3) is 3.02. The van der Waals surface area contributed by atoms with E-state index in [1.807, 2.05) is 54.6 Å². The molecule has 1 saturated heterocycles. The summed E-state index contributed by atoms with van der Waals surface area (Å²) >= 11 is 6.30. The van der Waals surface area contributed by atoms with Crippen molar-refractivity contribution in [1.29, 1.82) is 0 Å². The summed E-state index contributed by atoms with van der Waals surface area (Å²) in [7, 11) is 0. The Morgan fingerprint density at radius 2 is 2.19 bits per heavy atom. The lowest BCUT2D eigenvalue weighted by Crippen LogP contribution is -2.23. The van der Waals surface area contributed by atoms with Crippen molar-refractivity contribution < 1.29 is 9.57 Å². The van der Waals surface area contributed by atoms with Crippen LogP contribution in [0.25, 0.3) is 0 Å². The fourth-order valence-corrected chi connectivity index (χ4v) is 2.72. The molecular weight excluding hydrogens is 288 g/mol. The Morgan fingerprint density at radius 1 is 1.33 bits per heavy atom. The molecule has 4 nitrogen and oxygen atoms in total. The van der Waals surface area contributed by atoms with Crippen molar-refractivity contribution in [3.8, 4) is 0 Å². The van der Waals surface area contributed by atoms with Crippen molar-refractivity contribution in [3.63, 3.8) is 0 Å². The van der Waals surface area contributed by atoms with E-state index in [1.165, 1.54) is 0 Å². The van der Waals surface area contributed by atoms with E-state index in [-0.39, 0.29) is 12.3 Å². The highest BCUT2D eigenvalue weighted by Gasteiger charge is 2.36. The minimum absolute atomic E-state index is 0.0372. The van der Waals surface area contributed by atoms with Gasteiger partial charge in [0.2, 0.25) is 0 Å². The van der Waals surface area contributed by atoms with Crippen LogP contribution in [0, 0.1) is 0 Å². The standard InChI is InChI=1S/C16H17ClN2O2/c1-2-20-16-10-15(12-6-5-9-18-11-12)19(21-16)14-8-4-3-7-13(14)17/h3-9,11,15-16H,2,10H2,1H3. The van der Waals surface area contributed by atoms with E-state index in [9.17, 15) is 0 Å². The molecule has 1 aromatic heterocycles. The van der Waals surface area contributed by atoms with E-state index in [0.29, 0.717) is 11.6 Å². The van der Waals surface area contributed by atoms with E-state index in [2.05, 4.69) is 4.98 Å². The zero-order valence-corrected chi connectivity index (χ0v) is 12.5. The predicted octanol–water partition coefficient (Wildman–Crippen LogP) is 3.98. The Labute approximate surface area is 129 Å². The van der Waals surface area contributed by atoms with E-state index < -0.39 is 0 Å². The first-order valence-electron chi connectivity index (χ1n) is 7.01. The zero-order chi connectivity index (χ0) is 14.7. The summed E-state index contributed by atoms with van der Waals surface area (Å²) in [6.07, 6.45) is 4.09. The summed E-state index contributed by atoms with van der Waals surface area (Å²) in [4.78, 5) is 10.1. The molecule has 0 aliphatic carbocycles. The Balaban J connectivity index is 1.93. The van der Waals surface area contributed by atoms with Crippen molar-refractivity contribution in [2.24, 2.45) is 0 Å². The molecule has 1 aromatic carbocycles. The Morgan fingerprint density at radius 3 is 2.90 bits per heavy atom. The first-order valence-corrected chi connectivity index (χ1v) is 7.39. The summed E-state index contributed by atoms with van der Waals surface area (Å²) in [6.45, 7) is 2.57. The molecule has 110 valence electrons. The topological polar surface area (TPSA) is 34.6 Å². The maximum absolute atomic E-state index is 6.30. The summed E-state index contributed by atoms with van der Waals surface area (Å²) in [6, 6.07) is 11.7.